The van der Waals surface area contributed by atoms with Gasteiger partial charge in [0.15, 0.2) is 0 Å². The van der Waals surface area contributed by atoms with Gasteiger partial charge in [-0.15, -0.1) is 0 Å². The molecule has 0 N–H and O–H groups in total. The number of rotatable bonds is 0. The summed E-state index contributed by atoms with van der Waals surface area (Å²) < 4.78 is 0. The average Bonchev–Trinajstić information content (AvgIpc) is 0. The molecule has 0 nitrogen and oxygen atoms in total. The Morgan fingerprint density at radius 3 is 0.600 bits per heavy atom. The molecule has 0 fully saturated rings. The van der Waals surface area contributed by atoms with Gasteiger partial charge in [0, 0.05) is 16.8 Å². The average molecular weight is 143 g/mol. The van der Waals surface area contributed by atoms with Crippen LogP contribution in [0.3, 0.4) is 0 Å². The first-order valence-electron chi connectivity index (χ1n) is 0. The van der Waals surface area contributed by atoms with Crippen LogP contribution in [0.15, 0.2) is 0 Å². The van der Waals surface area contributed by atoms with Crippen molar-refractivity contribution < 1.29 is 26.2 Å². The first kappa shape index (κ1) is 147. The maximum atomic E-state index is 0. The van der Waals surface area contributed by atoms with Gasteiger partial charge in [0.2, 0.25) is 0 Å². The van der Waals surface area contributed by atoms with Crippen molar-refractivity contribution in [2.24, 2.45) is 0 Å². The summed E-state index contributed by atoms with van der Waals surface area (Å²) in [6.07, 6.45) is 0. The Morgan fingerprint density at radius 1 is 0.600 bits per heavy atom. The molecule has 0 aliphatic heterocycles. The van der Waals surface area contributed by atoms with Gasteiger partial charge >= 0.3 is 26.2 Å². The molecule has 24 valence electrons. The van der Waals surface area contributed by atoms with Crippen molar-refractivity contribution >= 4 is 16.8 Å². The molecule has 0 saturated heterocycles. The fraction of sp³-hybridized carbons (Fsp3) is 0. The Hall–Kier alpha value is 1.01. The Kier molecular flexibility index (Phi) is 2320. The second kappa shape index (κ2) is 78.7. The molecule has 0 amide bonds. The van der Waals surface area contributed by atoms with Crippen LogP contribution in [0.25, 0.3) is 0 Å². The molecule has 0 unspecified atom stereocenters. The Morgan fingerprint density at radius 2 is 0.600 bits per heavy atom. The summed E-state index contributed by atoms with van der Waals surface area (Å²) in [4.78, 5) is 0. The van der Waals surface area contributed by atoms with Gasteiger partial charge in [0.1, 0.15) is 0 Å². The normalized spacial score (nSPS) is 0. The SMILES string of the molecule is [B].[B].[CH3-].[CH3-].[Zr+2]. The van der Waals surface area contributed by atoms with E-state index in [0.29, 0.717) is 0 Å². The van der Waals surface area contributed by atoms with Crippen LogP contribution in [-0.4, -0.2) is 16.8 Å². The molecule has 0 spiro atoms. The Bertz CT molecular complexity index is 7.61. The molecular weight excluding hydrogens is 137 g/mol. The van der Waals surface area contributed by atoms with E-state index in [2.05, 4.69) is 0 Å². The smallest absolute Gasteiger partial charge is 0.358 e. The molecule has 0 rings (SSSR count). The summed E-state index contributed by atoms with van der Waals surface area (Å²) in [6.45, 7) is 0. The molecule has 0 bridgehead atoms. The predicted molar refractivity (Wildman–Crippen MR) is 24.3 cm³/mol. The molecule has 0 atom stereocenters. The van der Waals surface area contributed by atoms with Gasteiger partial charge in [-0.2, -0.15) is 0 Å². The maximum Gasteiger partial charge on any atom is 2.00 e. The minimum atomic E-state index is 0. The molecule has 0 aliphatic carbocycles. The second-order valence-electron chi connectivity index (χ2n) is 0. The third-order valence-corrected chi connectivity index (χ3v) is 0. The monoisotopic (exact) mass is 142 g/mol. The van der Waals surface area contributed by atoms with Gasteiger partial charge in [-0.25, -0.2) is 0 Å². The molecule has 3 heteroatoms. The summed E-state index contributed by atoms with van der Waals surface area (Å²) in [7, 11) is 0. The van der Waals surface area contributed by atoms with E-state index in [-0.39, 0.29) is 57.9 Å². The van der Waals surface area contributed by atoms with Crippen molar-refractivity contribution in [3.8, 4) is 0 Å². The molecule has 0 aromatic rings. The summed E-state index contributed by atoms with van der Waals surface area (Å²) in [5.74, 6) is 0. The van der Waals surface area contributed by atoms with E-state index in [0.717, 1.165) is 0 Å². The first-order chi connectivity index (χ1) is 0. The van der Waals surface area contributed by atoms with Crippen LogP contribution < -0.4 is 0 Å². The fourth-order valence-corrected chi connectivity index (χ4v) is 0. The van der Waals surface area contributed by atoms with Crippen molar-refractivity contribution in [1.82, 2.24) is 0 Å². The fourth-order valence-electron chi connectivity index (χ4n) is 0. The van der Waals surface area contributed by atoms with Crippen LogP contribution in [0.4, 0.5) is 0 Å². The van der Waals surface area contributed by atoms with Crippen molar-refractivity contribution in [2.75, 3.05) is 0 Å². The molecule has 0 aromatic heterocycles. The molecular formula is C2H6B2Zr. The van der Waals surface area contributed by atoms with Crippen LogP contribution in [-0.2, 0) is 26.2 Å². The van der Waals surface area contributed by atoms with Gasteiger partial charge in [0.25, 0.3) is 0 Å². The topological polar surface area (TPSA) is 0 Å². The molecule has 0 aliphatic rings. The van der Waals surface area contributed by atoms with Crippen LogP contribution >= 0.6 is 0 Å². The van der Waals surface area contributed by atoms with E-state index in [1.807, 2.05) is 0 Å². The minimum Gasteiger partial charge on any atom is -0.358 e. The largest absolute Gasteiger partial charge is 2.00 e. The van der Waals surface area contributed by atoms with Gasteiger partial charge in [-0.1, -0.05) is 0 Å². The molecule has 0 saturated carbocycles. The molecule has 0 aromatic carbocycles. The summed E-state index contributed by atoms with van der Waals surface area (Å²) in [5, 5.41) is 0. The van der Waals surface area contributed by atoms with Crippen molar-refractivity contribution in [2.45, 2.75) is 0 Å². The third-order valence-electron chi connectivity index (χ3n) is 0. The van der Waals surface area contributed by atoms with Crippen LogP contribution in [0.1, 0.15) is 0 Å². The van der Waals surface area contributed by atoms with E-state index in [1.54, 1.807) is 0 Å². The van der Waals surface area contributed by atoms with Gasteiger partial charge in [-0.3, -0.25) is 0 Å². The third kappa shape index (κ3) is 44.3. The second-order valence-corrected chi connectivity index (χ2v) is 0. The van der Waals surface area contributed by atoms with Crippen LogP contribution in [0.5, 0.6) is 0 Å². The molecule has 0 heterocycles. The summed E-state index contributed by atoms with van der Waals surface area (Å²) in [6, 6.07) is 0. The first-order valence-corrected chi connectivity index (χ1v) is 0. The van der Waals surface area contributed by atoms with Crippen LogP contribution in [0, 0.1) is 14.9 Å². The van der Waals surface area contributed by atoms with Crippen molar-refractivity contribution in [1.29, 1.82) is 0 Å². The summed E-state index contributed by atoms with van der Waals surface area (Å²) in [5.41, 5.74) is 0. The summed E-state index contributed by atoms with van der Waals surface area (Å²) >= 11 is 0. The van der Waals surface area contributed by atoms with E-state index in [4.69, 9.17) is 0 Å². The van der Waals surface area contributed by atoms with Gasteiger partial charge in [0.05, 0.1) is 0 Å². The van der Waals surface area contributed by atoms with E-state index >= 15 is 0 Å². The number of hydrogen-bond acceptors (Lipinski definition) is 0. The van der Waals surface area contributed by atoms with E-state index in [9.17, 15) is 0 Å². The molecule has 6 radical (unpaired) electrons. The predicted octanol–water partition coefficient (Wildman–Crippen LogP) is 0.136. The molecule has 5 heavy (non-hydrogen) atoms. The Balaban J connectivity index is 0. The van der Waals surface area contributed by atoms with Gasteiger partial charge < -0.3 is 14.9 Å². The van der Waals surface area contributed by atoms with Crippen molar-refractivity contribution in [3.05, 3.63) is 14.9 Å². The Labute approximate surface area is 58.0 Å². The zero-order valence-electron chi connectivity index (χ0n) is 3.65. The zero-order chi connectivity index (χ0) is 0. The number of hydrogen-bond donors (Lipinski definition) is 0. The van der Waals surface area contributed by atoms with Crippen LogP contribution in [0.2, 0.25) is 0 Å². The zero-order valence-corrected chi connectivity index (χ0v) is 6.11. The van der Waals surface area contributed by atoms with E-state index in [1.165, 1.54) is 0 Å². The van der Waals surface area contributed by atoms with E-state index < -0.39 is 0 Å². The standard InChI is InChI=1S/2CH3.2B.Zr/h2*1H3;;;/q2*-1;;;+2. The quantitative estimate of drug-likeness (QED) is 0.334. The maximum absolute atomic E-state index is 0. The van der Waals surface area contributed by atoms with Crippen molar-refractivity contribution in [3.63, 3.8) is 0 Å². The van der Waals surface area contributed by atoms with Gasteiger partial charge in [-0.05, 0) is 0 Å². The minimum absolute atomic E-state index is 0.